The van der Waals surface area contributed by atoms with Gasteiger partial charge in [0.25, 0.3) is 5.91 Å². The number of rotatable bonds is 6. The lowest BCUT2D eigenvalue weighted by Gasteiger charge is -2.20. The summed E-state index contributed by atoms with van der Waals surface area (Å²) in [6.45, 7) is 4.37. The van der Waals surface area contributed by atoms with Crippen LogP contribution in [0.4, 0.5) is 0 Å². The number of carbonyl (C=O) groups excluding carboxylic acids is 1. The molecule has 0 spiro atoms. The smallest absolute Gasteiger partial charge is 0.252 e. The van der Waals surface area contributed by atoms with E-state index in [-0.39, 0.29) is 18.4 Å². The van der Waals surface area contributed by atoms with Gasteiger partial charge in [-0.05, 0) is 40.0 Å². The van der Waals surface area contributed by atoms with Crippen LogP contribution < -0.4 is 5.32 Å². The number of halogens is 2. The van der Waals surface area contributed by atoms with Crippen molar-refractivity contribution >= 4 is 37.8 Å². The van der Waals surface area contributed by atoms with E-state index >= 15 is 0 Å². The Hall–Kier alpha value is -0.390. The fourth-order valence-electron chi connectivity index (χ4n) is 1.96. The third-order valence-corrected chi connectivity index (χ3v) is 4.42. The van der Waals surface area contributed by atoms with Crippen LogP contribution in [0.25, 0.3) is 0 Å². The van der Waals surface area contributed by atoms with Gasteiger partial charge in [0.05, 0.1) is 11.7 Å². The zero-order valence-corrected chi connectivity index (χ0v) is 14.3. The lowest BCUT2D eigenvalue weighted by molar-refractivity contribution is 0.0816. The first kappa shape index (κ1) is 16.7. The van der Waals surface area contributed by atoms with E-state index in [9.17, 15) is 9.90 Å². The van der Waals surface area contributed by atoms with Gasteiger partial charge in [-0.2, -0.15) is 0 Å². The van der Waals surface area contributed by atoms with E-state index in [0.29, 0.717) is 5.56 Å². The van der Waals surface area contributed by atoms with Gasteiger partial charge in [0.15, 0.2) is 0 Å². The molecule has 0 aliphatic carbocycles. The molecular weight excluding hydrogens is 374 g/mol. The Morgan fingerprint density at radius 3 is 2.53 bits per heavy atom. The van der Waals surface area contributed by atoms with E-state index in [0.717, 1.165) is 21.8 Å². The molecule has 0 aromatic heterocycles. The molecule has 0 fully saturated rings. The van der Waals surface area contributed by atoms with Crippen LogP contribution in [0.3, 0.4) is 0 Å². The second kappa shape index (κ2) is 8.02. The summed E-state index contributed by atoms with van der Waals surface area (Å²) in [5.41, 5.74) is 0.561. The van der Waals surface area contributed by atoms with Crippen LogP contribution in [-0.4, -0.2) is 23.7 Å². The first-order valence-electron chi connectivity index (χ1n) is 6.40. The number of nitrogens with one attached hydrogen (secondary N) is 1. The van der Waals surface area contributed by atoms with E-state index < -0.39 is 6.10 Å². The Bertz CT molecular complexity index is 433. The molecule has 0 heterocycles. The molecule has 1 aromatic carbocycles. The van der Waals surface area contributed by atoms with E-state index in [1.54, 1.807) is 6.07 Å². The van der Waals surface area contributed by atoms with Gasteiger partial charge in [-0.1, -0.05) is 42.6 Å². The van der Waals surface area contributed by atoms with Crippen LogP contribution in [-0.2, 0) is 0 Å². The third-order valence-electron chi connectivity index (χ3n) is 3.24. The number of carbonyl (C=O) groups is 1. The molecule has 0 radical (unpaired) electrons. The molecule has 0 aliphatic heterocycles. The molecule has 0 saturated heterocycles. The van der Waals surface area contributed by atoms with E-state index in [1.807, 2.05) is 26.0 Å². The number of hydrogen-bond donors (Lipinski definition) is 2. The number of amides is 1. The molecule has 19 heavy (non-hydrogen) atoms. The summed E-state index contributed by atoms with van der Waals surface area (Å²) < 4.78 is 1.59. The molecule has 1 atom stereocenters. The normalized spacial score (nSPS) is 12.5. The Labute approximate surface area is 131 Å². The van der Waals surface area contributed by atoms with Crippen molar-refractivity contribution in [3.8, 4) is 0 Å². The van der Waals surface area contributed by atoms with Crippen molar-refractivity contribution in [3.05, 3.63) is 32.7 Å². The highest BCUT2D eigenvalue weighted by Crippen LogP contribution is 2.21. The molecule has 2 N–H and O–H groups in total. The van der Waals surface area contributed by atoms with Crippen LogP contribution in [0.15, 0.2) is 27.1 Å². The predicted octanol–water partition coefficient (Wildman–Crippen LogP) is 3.74. The van der Waals surface area contributed by atoms with Gasteiger partial charge in [0, 0.05) is 15.5 Å². The lowest BCUT2D eigenvalue weighted by atomic mass is 9.96. The Balaban J connectivity index is 2.63. The van der Waals surface area contributed by atoms with Crippen LogP contribution in [0.2, 0.25) is 0 Å². The minimum absolute atomic E-state index is 0.182. The summed E-state index contributed by atoms with van der Waals surface area (Å²) in [6.07, 6.45) is 1.33. The highest BCUT2D eigenvalue weighted by molar-refractivity contribution is 9.11. The number of benzene rings is 1. The molecule has 1 amide bonds. The van der Waals surface area contributed by atoms with Crippen LogP contribution in [0.5, 0.6) is 0 Å². The average molecular weight is 393 g/mol. The van der Waals surface area contributed by atoms with Gasteiger partial charge in [0.2, 0.25) is 0 Å². The van der Waals surface area contributed by atoms with E-state index in [4.69, 9.17) is 0 Å². The maximum atomic E-state index is 12.0. The summed E-state index contributed by atoms with van der Waals surface area (Å²) in [4.78, 5) is 12.0. The topological polar surface area (TPSA) is 49.3 Å². The Morgan fingerprint density at radius 2 is 1.95 bits per heavy atom. The predicted molar refractivity (Wildman–Crippen MR) is 84.3 cm³/mol. The molecule has 1 aromatic rings. The number of aliphatic hydroxyl groups is 1. The van der Waals surface area contributed by atoms with Crippen molar-refractivity contribution in [2.45, 2.75) is 32.8 Å². The zero-order chi connectivity index (χ0) is 14.4. The third kappa shape index (κ3) is 4.89. The SMILES string of the molecule is CCC(CC)C(O)CNC(=O)c1cc(Br)ccc1Br. The maximum Gasteiger partial charge on any atom is 0.252 e. The van der Waals surface area contributed by atoms with Crippen molar-refractivity contribution in [1.29, 1.82) is 0 Å². The summed E-state index contributed by atoms with van der Waals surface area (Å²) in [6, 6.07) is 5.43. The summed E-state index contributed by atoms with van der Waals surface area (Å²) >= 11 is 6.69. The van der Waals surface area contributed by atoms with Crippen molar-refractivity contribution in [1.82, 2.24) is 5.32 Å². The second-order valence-corrected chi connectivity index (χ2v) is 6.25. The molecule has 1 unspecified atom stereocenters. The van der Waals surface area contributed by atoms with E-state index in [2.05, 4.69) is 37.2 Å². The minimum Gasteiger partial charge on any atom is -0.391 e. The first-order chi connectivity index (χ1) is 8.99. The molecule has 3 nitrogen and oxygen atoms in total. The molecule has 5 heteroatoms. The van der Waals surface area contributed by atoms with Gasteiger partial charge in [-0.15, -0.1) is 0 Å². The lowest BCUT2D eigenvalue weighted by Crippen LogP contribution is -2.36. The first-order valence-corrected chi connectivity index (χ1v) is 7.99. The monoisotopic (exact) mass is 391 g/mol. The van der Waals surface area contributed by atoms with Crippen molar-refractivity contribution < 1.29 is 9.90 Å². The standard InChI is InChI=1S/C14H19Br2NO2/c1-3-9(4-2)13(18)8-17-14(19)11-7-10(15)5-6-12(11)16/h5-7,9,13,18H,3-4,8H2,1-2H3,(H,17,19). The van der Waals surface area contributed by atoms with Crippen LogP contribution in [0, 0.1) is 5.92 Å². The van der Waals surface area contributed by atoms with Gasteiger partial charge in [0.1, 0.15) is 0 Å². The second-order valence-electron chi connectivity index (χ2n) is 4.48. The fourth-order valence-corrected chi connectivity index (χ4v) is 2.75. The van der Waals surface area contributed by atoms with E-state index in [1.165, 1.54) is 0 Å². The summed E-state index contributed by atoms with van der Waals surface area (Å²) in [7, 11) is 0. The Kier molecular flexibility index (Phi) is 7.04. The molecule has 0 saturated carbocycles. The molecule has 1 rings (SSSR count). The zero-order valence-electron chi connectivity index (χ0n) is 11.1. The quantitative estimate of drug-likeness (QED) is 0.774. The summed E-state index contributed by atoms with van der Waals surface area (Å²) in [5.74, 6) is 0.0458. The van der Waals surface area contributed by atoms with Gasteiger partial charge < -0.3 is 10.4 Å². The van der Waals surface area contributed by atoms with Crippen molar-refractivity contribution in [2.24, 2.45) is 5.92 Å². The molecule has 106 valence electrons. The number of aliphatic hydroxyl groups excluding tert-OH is 1. The maximum absolute atomic E-state index is 12.0. The van der Waals surface area contributed by atoms with Gasteiger partial charge >= 0.3 is 0 Å². The molecule has 0 aliphatic rings. The Morgan fingerprint density at radius 1 is 1.32 bits per heavy atom. The molecular formula is C14H19Br2NO2. The number of hydrogen-bond acceptors (Lipinski definition) is 2. The minimum atomic E-state index is -0.495. The summed E-state index contributed by atoms with van der Waals surface area (Å²) in [5, 5.41) is 12.8. The van der Waals surface area contributed by atoms with Crippen molar-refractivity contribution in [3.63, 3.8) is 0 Å². The van der Waals surface area contributed by atoms with Crippen LogP contribution >= 0.6 is 31.9 Å². The highest BCUT2D eigenvalue weighted by Gasteiger charge is 2.17. The molecule has 0 bridgehead atoms. The highest BCUT2D eigenvalue weighted by atomic mass is 79.9. The van der Waals surface area contributed by atoms with Gasteiger partial charge in [-0.3, -0.25) is 4.79 Å². The van der Waals surface area contributed by atoms with Gasteiger partial charge in [-0.25, -0.2) is 0 Å². The largest absolute Gasteiger partial charge is 0.391 e. The van der Waals surface area contributed by atoms with Crippen LogP contribution in [0.1, 0.15) is 37.0 Å². The van der Waals surface area contributed by atoms with Crippen molar-refractivity contribution in [2.75, 3.05) is 6.54 Å². The fraction of sp³-hybridized carbons (Fsp3) is 0.500. The average Bonchev–Trinajstić information content (AvgIpc) is 2.40.